The summed E-state index contributed by atoms with van der Waals surface area (Å²) < 4.78 is 15.9. The maximum absolute atomic E-state index is 12.2. The van der Waals surface area contributed by atoms with Crippen molar-refractivity contribution in [2.24, 2.45) is 0 Å². The van der Waals surface area contributed by atoms with Crippen LogP contribution in [0.15, 0.2) is 17.0 Å². The number of terminal acetylenes is 1. The van der Waals surface area contributed by atoms with E-state index >= 15 is 0 Å². The van der Waals surface area contributed by atoms with Crippen LogP contribution in [0.4, 0.5) is 4.79 Å². The second-order valence-electron chi connectivity index (χ2n) is 4.42. The van der Waals surface area contributed by atoms with Gasteiger partial charge in [0.1, 0.15) is 5.75 Å². The number of carbonyl (C=O) groups excluding carboxylic acids is 2. The molecule has 0 spiro atoms. The standard InChI is InChI=1S/C15H11NO5S/c1-3-4-16-14(17)13(22-15(16)18)6-9-5-11-12(21-8-20-11)7-10(9)19-2/h1,5-7H,4,8H2,2H3. The molecule has 112 valence electrons. The van der Waals surface area contributed by atoms with Crippen LogP contribution in [0.5, 0.6) is 17.2 Å². The summed E-state index contributed by atoms with van der Waals surface area (Å²) in [6.07, 6.45) is 6.75. The van der Waals surface area contributed by atoms with Gasteiger partial charge in [0.25, 0.3) is 11.1 Å². The number of amides is 2. The van der Waals surface area contributed by atoms with Crippen LogP contribution in [-0.4, -0.2) is 36.5 Å². The lowest BCUT2D eigenvalue weighted by molar-refractivity contribution is -0.122. The van der Waals surface area contributed by atoms with Gasteiger partial charge in [0, 0.05) is 11.6 Å². The summed E-state index contributed by atoms with van der Waals surface area (Å²) in [7, 11) is 1.51. The van der Waals surface area contributed by atoms with Gasteiger partial charge in [0.05, 0.1) is 18.6 Å². The van der Waals surface area contributed by atoms with Gasteiger partial charge in [-0.3, -0.25) is 14.5 Å². The molecule has 1 aromatic carbocycles. The Morgan fingerprint density at radius 3 is 2.82 bits per heavy atom. The topological polar surface area (TPSA) is 65.1 Å². The molecule has 0 radical (unpaired) electrons. The van der Waals surface area contributed by atoms with Crippen molar-refractivity contribution >= 4 is 29.0 Å². The molecule has 0 atom stereocenters. The predicted molar refractivity (Wildman–Crippen MR) is 80.6 cm³/mol. The summed E-state index contributed by atoms with van der Waals surface area (Å²) >= 11 is 0.844. The van der Waals surface area contributed by atoms with Gasteiger partial charge in [-0.25, -0.2) is 0 Å². The van der Waals surface area contributed by atoms with Gasteiger partial charge in [0.15, 0.2) is 11.5 Å². The van der Waals surface area contributed by atoms with Gasteiger partial charge in [-0.15, -0.1) is 6.42 Å². The molecule has 0 bridgehead atoms. The molecule has 2 aliphatic rings. The zero-order valence-corrected chi connectivity index (χ0v) is 12.4. The average molecular weight is 317 g/mol. The van der Waals surface area contributed by atoms with Crippen LogP contribution in [0, 0.1) is 12.3 Å². The largest absolute Gasteiger partial charge is 0.496 e. The molecule has 1 saturated heterocycles. The quantitative estimate of drug-likeness (QED) is 0.628. The highest BCUT2D eigenvalue weighted by Gasteiger charge is 2.34. The van der Waals surface area contributed by atoms with Gasteiger partial charge in [0.2, 0.25) is 6.79 Å². The lowest BCUT2D eigenvalue weighted by Crippen LogP contribution is -2.28. The van der Waals surface area contributed by atoms with Crippen molar-refractivity contribution in [3.63, 3.8) is 0 Å². The summed E-state index contributed by atoms with van der Waals surface area (Å²) in [6, 6.07) is 3.39. The van der Waals surface area contributed by atoms with Gasteiger partial charge in [-0.2, -0.15) is 0 Å². The van der Waals surface area contributed by atoms with Crippen LogP contribution >= 0.6 is 11.8 Å². The Morgan fingerprint density at radius 1 is 1.41 bits per heavy atom. The highest BCUT2D eigenvalue weighted by atomic mass is 32.2. The van der Waals surface area contributed by atoms with Crippen molar-refractivity contribution in [2.45, 2.75) is 0 Å². The van der Waals surface area contributed by atoms with Crippen molar-refractivity contribution in [3.8, 4) is 29.6 Å². The number of benzene rings is 1. The Balaban J connectivity index is 1.97. The highest BCUT2D eigenvalue weighted by Crippen LogP contribution is 2.40. The van der Waals surface area contributed by atoms with E-state index in [-0.39, 0.29) is 23.5 Å². The maximum atomic E-state index is 12.2. The van der Waals surface area contributed by atoms with E-state index in [1.54, 1.807) is 18.2 Å². The van der Waals surface area contributed by atoms with Crippen molar-refractivity contribution in [1.29, 1.82) is 0 Å². The third-order valence-electron chi connectivity index (χ3n) is 3.13. The Hall–Kier alpha value is -2.59. The number of carbonyl (C=O) groups is 2. The number of thioether (sulfide) groups is 1. The molecule has 0 aromatic heterocycles. The zero-order chi connectivity index (χ0) is 15.7. The highest BCUT2D eigenvalue weighted by molar-refractivity contribution is 8.18. The molecule has 2 heterocycles. The smallest absolute Gasteiger partial charge is 0.294 e. The van der Waals surface area contributed by atoms with Crippen molar-refractivity contribution in [1.82, 2.24) is 4.90 Å². The van der Waals surface area contributed by atoms with Gasteiger partial charge in [-0.05, 0) is 23.9 Å². The van der Waals surface area contributed by atoms with Gasteiger partial charge >= 0.3 is 0 Å². The second kappa shape index (κ2) is 5.66. The van der Waals surface area contributed by atoms with Crippen molar-refractivity contribution in [3.05, 3.63) is 22.6 Å². The number of fused-ring (bicyclic) bond motifs is 1. The normalized spacial score (nSPS) is 18.0. The first-order valence-electron chi connectivity index (χ1n) is 6.30. The first-order valence-corrected chi connectivity index (χ1v) is 7.12. The van der Waals surface area contributed by atoms with E-state index in [1.807, 2.05) is 0 Å². The van der Waals surface area contributed by atoms with E-state index in [4.69, 9.17) is 20.6 Å². The predicted octanol–water partition coefficient (Wildman–Crippen LogP) is 2.09. The molecular weight excluding hydrogens is 306 g/mol. The van der Waals surface area contributed by atoms with Crippen LogP contribution in [0.2, 0.25) is 0 Å². The van der Waals surface area contributed by atoms with E-state index in [2.05, 4.69) is 5.92 Å². The molecule has 0 unspecified atom stereocenters. The minimum absolute atomic E-state index is 0.0414. The van der Waals surface area contributed by atoms with Crippen molar-refractivity contribution < 1.29 is 23.8 Å². The van der Waals surface area contributed by atoms with E-state index in [9.17, 15) is 9.59 Å². The molecule has 6 nitrogen and oxygen atoms in total. The fourth-order valence-corrected chi connectivity index (χ4v) is 2.93. The number of imide groups is 1. The molecule has 0 aliphatic carbocycles. The number of hydrogen-bond donors (Lipinski definition) is 0. The summed E-state index contributed by atoms with van der Waals surface area (Å²) in [5.74, 6) is 3.55. The molecule has 3 rings (SSSR count). The lowest BCUT2D eigenvalue weighted by atomic mass is 10.1. The average Bonchev–Trinajstić information content (AvgIpc) is 3.06. The van der Waals surface area contributed by atoms with E-state index in [1.165, 1.54) is 7.11 Å². The Labute approximate surface area is 131 Å². The van der Waals surface area contributed by atoms with Crippen molar-refractivity contribution in [2.75, 3.05) is 20.4 Å². The maximum Gasteiger partial charge on any atom is 0.294 e. The summed E-state index contributed by atoms with van der Waals surface area (Å²) in [5.41, 5.74) is 0.623. The minimum atomic E-state index is -0.410. The molecule has 2 aliphatic heterocycles. The molecule has 0 N–H and O–H groups in total. The Bertz CT molecular complexity index is 734. The molecule has 7 heteroatoms. The van der Waals surface area contributed by atoms with Crippen LogP contribution in [-0.2, 0) is 4.79 Å². The SMILES string of the molecule is C#CCN1C(=O)SC(=Cc2cc3c(cc2OC)OCO3)C1=O. The molecule has 0 saturated carbocycles. The van der Waals surface area contributed by atoms with Crippen LogP contribution in [0.25, 0.3) is 6.08 Å². The molecule has 22 heavy (non-hydrogen) atoms. The molecular formula is C15H11NO5S. The molecule has 1 fully saturated rings. The van der Waals surface area contributed by atoms with Gasteiger partial charge in [-0.1, -0.05) is 5.92 Å². The van der Waals surface area contributed by atoms with Crippen LogP contribution < -0.4 is 14.2 Å². The number of methoxy groups -OCH3 is 1. The number of hydrogen-bond acceptors (Lipinski definition) is 6. The fraction of sp³-hybridized carbons (Fsp3) is 0.200. The third-order valence-corrected chi connectivity index (χ3v) is 4.04. The lowest BCUT2D eigenvalue weighted by Gasteiger charge is -2.08. The number of ether oxygens (including phenoxy) is 3. The second-order valence-corrected chi connectivity index (χ2v) is 5.41. The molecule has 1 aromatic rings. The van der Waals surface area contributed by atoms with Crippen LogP contribution in [0.3, 0.4) is 0 Å². The number of nitrogens with zero attached hydrogens (tertiary/aromatic N) is 1. The minimum Gasteiger partial charge on any atom is -0.496 e. The first-order chi connectivity index (χ1) is 10.6. The van der Waals surface area contributed by atoms with Gasteiger partial charge < -0.3 is 14.2 Å². The number of rotatable bonds is 3. The Morgan fingerprint density at radius 2 is 2.14 bits per heavy atom. The fourth-order valence-electron chi connectivity index (χ4n) is 2.10. The van der Waals surface area contributed by atoms with E-state index < -0.39 is 5.91 Å². The summed E-state index contributed by atoms with van der Waals surface area (Å²) in [4.78, 5) is 25.3. The zero-order valence-electron chi connectivity index (χ0n) is 11.6. The molecule has 2 amide bonds. The summed E-state index contributed by atoms with van der Waals surface area (Å²) in [5, 5.41) is -0.381. The van der Waals surface area contributed by atoms with Crippen LogP contribution in [0.1, 0.15) is 5.56 Å². The third kappa shape index (κ3) is 2.38. The summed E-state index contributed by atoms with van der Waals surface area (Å²) in [6.45, 7) is 0.0981. The first kappa shape index (κ1) is 14.4. The monoisotopic (exact) mass is 317 g/mol. The Kier molecular flexibility index (Phi) is 3.69. The van der Waals surface area contributed by atoms with E-state index in [0.29, 0.717) is 22.8 Å². The van der Waals surface area contributed by atoms with E-state index in [0.717, 1.165) is 16.7 Å².